The first-order chi connectivity index (χ1) is 13.9. The van der Waals surface area contributed by atoms with E-state index in [1.54, 1.807) is 37.4 Å². The summed E-state index contributed by atoms with van der Waals surface area (Å²) < 4.78 is 50.5. The highest BCUT2D eigenvalue weighted by Gasteiger charge is 2.24. The van der Waals surface area contributed by atoms with Crippen molar-refractivity contribution in [3.05, 3.63) is 53.8 Å². The van der Waals surface area contributed by atoms with Gasteiger partial charge in [0, 0.05) is 19.6 Å². The summed E-state index contributed by atoms with van der Waals surface area (Å²) in [5.41, 5.74) is 1.27. The summed E-state index contributed by atoms with van der Waals surface area (Å²) >= 11 is 0. The average Bonchev–Trinajstić information content (AvgIpc) is 2.74. The summed E-state index contributed by atoms with van der Waals surface area (Å²) in [6, 6.07) is 11.4. The third kappa shape index (κ3) is 5.31. The molecule has 0 aliphatic carbocycles. The van der Waals surface area contributed by atoms with E-state index in [2.05, 4.69) is 5.32 Å². The number of benzene rings is 2. The zero-order valence-corrected chi connectivity index (χ0v) is 16.9. The monoisotopic (exact) mass is 422 g/mol. The molecule has 2 aromatic carbocycles. The van der Waals surface area contributed by atoms with Crippen molar-refractivity contribution < 1.29 is 27.1 Å². The molecule has 9 heteroatoms. The number of morpholine rings is 1. The molecule has 29 heavy (non-hydrogen) atoms. The van der Waals surface area contributed by atoms with Crippen molar-refractivity contribution in [3.63, 3.8) is 0 Å². The molecule has 156 valence electrons. The first-order valence-electron chi connectivity index (χ1n) is 9.18. The lowest BCUT2D eigenvalue weighted by Crippen LogP contribution is -2.43. The van der Waals surface area contributed by atoms with Gasteiger partial charge in [-0.25, -0.2) is 12.8 Å². The molecule has 3 rings (SSSR count). The number of ether oxygens (including phenoxy) is 2. The molecule has 7 nitrogen and oxygen atoms in total. The molecule has 0 atom stereocenters. The molecule has 1 N–H and O–H groups in total. The van der Waals surface area contributed by atoms with Gasteiger partial charge in [-0.2, -0.15) is 4.31 Å². The molecule has 0 unspecified atom stereocenters. The maximum Gasteiger partial charge on any atom is 0.254 e. The van der Waals surface area contributed by atoms with E-state index >= 15 is 0 Å². The highest BCUT2D eigenvalue weighted by Crippen LogP contribution is 2.24. The molecule has 1 amide bonds. The van der Waals surface area contributed by atoms with Gasteiger partial charge in [0.15, 0.2) is 0 Å². The lowest BCUT2D eigenvalue weighted by Gasteiger charge is -2.26. The van der Waals surface area contributed by atoms with Crippen LogP contribution in [-0.4, -0.2) is 64.3 Å². The number of halogens is 1. The Bertz CT molecular complexity index is 957. The minimum Gasteiger partial charge on any atom is -0.497 e. The quantitative estimate of drug-likeness (QED) is 0.737. The predicted octanol–water partition coefficient (Wildman–Crippen LogP) is 1.89. The molecule has 0 radical (unpaired) electrons. The molecule has 1 fully saturated rings. The summed E-state index contributed by atoms with van der Waals surface area (Å²) in [6.45, 7) is 1.22. The predicted molar refractivity (Wildman–Crippen MR) is 107 cm³/mol. The first kappa shape index (κ1) is 21.2. The molecule has 1 saturated heterocycles. The highest BCUT2D eigenvalue weighted by atomic mass is 32.2. The van der Waals surface area contributed by atoms with Gasteiger partial charge in [-0.3, -0.25) is 4.79 Å². The van der Waals surface area contributed by atoms with Gasteiger partial charge in [0.05, 0.1) is 31.6 Å². The number of hydrogen-bond donors (Lipinski definition) is 1. The summed E-state index contributed by atoms with van der Waals surface area (Å²) in [5, 5.41) is 2.48. The maximum atomic E-state index is 14.5. The number of methoxy groups -OCH3 is 1. The topological polar surface area (TPSA) is 84.9 Å². The third-order valence-corrected chi connectivity index (χ3v) is 6.52. The van der Waals surface area contributed by atoms with Gasteiger partial charge in [-0.15, -0.1) is 0 Å². The van der Waals surface area contributed by atoms with E-state index in [4.69, 9.17) is 9.47 Å². The van der Waals surface area contributed by atoms with E-state index in [9.17, 15) is 17.6 Å². The van der Waals surface area contributed by atoms with Crippen LogP contribution in [0.1, 0.15) is 10.4 Å². The third-order valence-electron chi connectivity index (χ3n) is 4.65. The summed E-state index contributed by atoms with van der Waals surface area (Å²) in [6.07, 6.45) is 0. The Labute approximate surface area is 169 Å². The van der Waals surface area contributed by atoms with Crippen LogP contribution in [0, 0.1) is 5.82 Å². The van der Waals surface area contributed by atoms with Crippen LogP contribution >= 0.6 is 0 Å². The fourth-order valence-electron chi connectivity index (χ4n) is 3.00. The Balaban J connectivity index is 1.60. The van der Waals surface area contributed by atoms with Crippen LogP contribution in [0.4, 0.5) is 4.39 Å². The number of carbonyl (C=O) groups is 1. The van der Waals surface area contributed by atoms with Crippen LogP contribution in [0.2, 0.25) is 0 Å². The highest BCUT2D eigenvalue weighted by molar-refractivity contribution is 7.89. The Kier molecular flexibility index (Phi) is 6.83. The fraction of sp³-hybridized carbons (Fsp3) is 0.350. The van der Waals surface area contributed by atoms with Gasteiger partial charge in [0.1, 0.15) is 11.6 Å². The van der Waals surface area contributed by atoms with E-state index in [1.165, 1.54) is 16.4 Å². The number of rotatable bonds is 7. The fourth-order valence-corrected chi connectivity index (χ4v) is 4.33. The SMILES string of the molecule is COc1ccc(-c2ccc(C(=O)NCCS(=O)(=O)N3CCOCC3)c(F)c2)cc1. The van der Waals surface area contributed by atoms with Crippen LogP contribution in [0.5, 0.6) is 5.75 Å². The van der Waals surface area contributed by atoms with Crippen molar-refractivity contribution in [1.82, 2.24) is 9.62 Å². The minimum atomic E-state index is -3.49. The average molecular weight is 422 g/mol. The summed E-state index contributed by atoms with van der Waals surface area (Å²) in [7, 11) is -1.92. The second-order valence-corrected chi connectivity index (χ2v) is 8.59. The van der Waals surface area contributed by atoms with Crippen LogP contribution in [0.25, 0.3) is 11.1 Å². The van der Waals surface area contributed by atoms with Crippen molar-refractivity contribution in [2.45, 2.75) is 0 Å². The largest absolute Gasteiger partial charge is 0.497 e. The van der Waals surface area contributed by atoms with Gasteiger partial charge < -0.3 is 14.8 Å². The molecular weight excluding hydrogens is 399 g/mol. The number of sulfonamides is 1. The molecule has 0 aromatic heterocycles. The normalized spacial score (nSPS) is 15.1. The second-order valence-electron chi connectivity index (χ2n) is 6.51. The lowest BCUT2D eigenvalue weighted by atomic mass is 10.0. The van der Waals surface area contributed by atoms with Crippen molar-refractivity contribution in [1.29, 1.82) is 0 Å². The van der Waals surface area contributed by atoms with Crippen LogP contribution in [0.15, 0.2) is 42.5 Å². The molecule has 1 heterocycles. The molecule has 2 aromatic rings. The summed E-state index contributed by atoms with van der Waals surface area (Å²) in [4.78, 5) is 12.3. The van der Waals surface area contributed by atoms with Crippen LogP contribution in [-0.2, 0) is 14.8 Å². The van der Waals surface area contributed by atoms with Crippen LogP contribution < -0.4 is 10.1 Å². The number of carbonyl (C=O) groups excluding carboxylic acids is 1. The van der Waals surface area contributed by atoms with Gasteiger partial charge in [-0.05, 0) is 35.4 Å². The number of amides is 1. The number of hydrogen-bond acceptors (Lipinski definition) is 5. The van der Waals surface area contributed by atoms with Crippen molar-refractivity contribution in [2.75, 3.05) is 45.7 Å². The first-order valence-corrected chi connectivity index (χ1v) is 10.8. The van der Waals surface area contributed by atoms with E-state index in [0.29, 0.717) is 37.6 Å². The van der Waals surface area contributed by atoms with Gasteiger partial charge in [-0.1, -0.05) is 18.2 Å². The van der Waals surface area contributed by atoms with E-state index in [1.807, 2.05) is 0 Å². The molecular formula is C20H23FN2O5S. The summed E-state index contributed by atoms with van der Waals surface area (Å²) in [5.74, 6) is -0.880. The Hall–Kier alpha value is -2.49. The lowest BCUT2D eigenvalue weighted by molar-refractivity contribution is 0.0730. The van der Waals surface area contributed by atoms with Gasteiger partial charge >= 0.3 is 0 Å². The Morgan fingerprint density at radius 1 is 1.14 bits per heavy atom. The van der Waals surface area contributed by atoms with Gasteiger partial charge in [0.25, 0.3) is 5.91 Å². The van der Waals surface area contributed by atoms with Gasteiger partial charge in [0.2, 0.25) is 10.0 Å². The molecule has 0 bridgehead atoms. The minimum absolute atomic E-state index is 0.0990. The van der Waals surface area contributed by atoms with Crippen molar-refractivity contribution in [3.8, 4) is 16.9 Å². The zero-order valence-electron chi connectivity index (χ0n) is 16.1. The van der Waals surface area contributed by atoms with E-state index in [0.717, 1.165) is 5.56 Å². The number of nitrogens with one attached hydrogen (secondary N) is 1. The standard InChI is InChI=1S/C20H23FN2O5S/c1-27-17-5-2-15(3-6-17)16-4-7-18(19(21)14-16)20(24)22-8-13-29(25,26)23-9-11-28-12-10-23/h2-7,14H,8-13H2,1H3,(H,22,24). The van der Waals surface area contributed by atoms with E-state index < -0.39 is 21.7 Å². The molecule has 1 aliphatic rings. The van der Waals surface area contributed by atoms with Crippen molar-refractivity contribution in [2.24, 2.45) is 0 Å². The zero-order chi connectivity index (χ0) is 20.9. The molecule has 1 aliphatic heterocycles. The van der Waals surface area contributed by atoms with Crippen LogP contribution in [0.3, 0.4) is 0 Å². The number of nitrogens with zero attached hydrogens (tertiary/aromatic N) is 1. The second kappa shape index (κ2) is 9.34. The Morgan fingerprint density at radius 3 is 2.41 bits per heavy atom. The molecule has 0 saturated carbocycles. The molecule has 0 spiro atoms. The maximum absolute atomic E-state index is 14.5. The Morgan fingerprint density at radius 2 is 1.79 bits per heavy atom. The van der Waals surface area contributed by atoms with Crippen molar-refractivity contribution >= 4 is 15.9 Å². The smallest absolute Gasteiger partial charge is 0.254 e. The van der Waals surface area contributed by atoms with E-state index in [-0.39, 0.29) is 17.9 Å².